The van der Waals surface area contributed by atoms with Crippen molar-refractivity contribution in [2.45, 2.75) is 22.6 Å². The van der Waals surface area contributed by atoms with Crippen molar-refractivity contribution in [2.75, 3.05) is 16.0 Å². The Morgan fingerprint density at radius 1 is 0.761 bits per heavy atom. The SMILES string of the molecule is O=C(Nc1ccc(F)c(NC(=O)C(C(F)(F)F)C(F)(F)F)c1F)c1cc(NC(=O)[C@H]2C(c3ccc(Cl)c(Cl)c3)C2(Cl)Cl)ccc1Cl. The van der Waals surface area contributed by atoms with E-state index in [0.717, 1.165) is 17.4 Å². The number of hydrogen-bond acceptors (Lipinski definition) is 3. The third-order valence-corrected chi connectivity index (χ3v) is 8.63. The first-order valence-electron chi connectivity index (χ1n) is 12.3. The topological polar surface area (TPSA) is 87.3 Å². The summed E-state index contributed by atoms with van der Waals surface area (Å²) < 4.78 is 105. The minimum Gasteiger partial charge on any atom is -0.326 e. The molecule has 0 spiro atoms. The van der Waals surface area contributed by atoms with Crippen LogP contribution in [0.2, 0.25) is 15.1 Å². The summed E-state index contributed by atoms with van der Waals surface area (Å²) in [6, 6.07) is 8.98. The highest BCUT2D eigenvalue weighted by Crippen LogP contribution is 2.65. The highest BCUT2D eigenvalue weighted by Gasteiger charge is 2.67. The second kappa shape index (κ2) is 12.9. The van der Waals surface area contributed by atoms with Crippen LogP contribution >= 0.6 is 58.0 Å². The monoisotopic (exact) mass is 755 g/mol. The zero-order chi connectivity index (χ0) is 34.5. The van der Waals surface area contributed by atoms with Gasteiger partial charge in [0, 0.05) is 11.6 Å². The molecule has 3 N–H and O–H groups in total. The first kappa shape index (κ1) is 35.8. The van der Waals surface area contributed by atoms with Gasteiger partial charge in [0.2, 0.25) is 17.7 Å². The molecule has 2 atom stereocenters. The van der Waals surface area contributed by atoms with Gasteiger partial charge >= 0.3 is 12.4 Å². The van der Waals surface area contributed by atoms with Gasteiger partial charge in [-0.25, -0.2) is 8.78 Å². The van der Waals surface area contributed by atoms with E-state index in [2.05, 4.69) is 5.32 Å². The summed E-state index contributed by atoms with van der Waals surface area (Å²) in [6.45, 7) is 0. The number of carbonyl (C=O) groups excluding carboxylic acids is 3. The van der Waals surface area contributed by atoms with Crippen LogP contribution in [0.25, 0.3) is 0 Å². The van der Waals surface area contributed by atoms with E-state index in [1.165, 1.54) is 18.2 Å². The minimum absolute atomic E-state index is 0.0265. The maximum Gasteiger partial charge on any atom is 0.409 e. The molecule has 0 bridgehead atoms. The molecule has 0 radical (unpaired) electrons. The molecule has 0 aromatic heterocycles. The molecule has 1 saturated carbocycles. The van der Waals surface area contributed by atoms with Crippen molar-refractivity contribution < 1.29 is 49.5 Å². The summed E-state index contributed by atoms with van der Waals surface area (Å²) in [5, 5.41) is 5.56. The van der Waals surface area contributed by atoms with E-state index in [1.807, 2.05) is 5.32 Å². The Hall–Kier alpha value is -3.04. The highest BCUT2D eigenvalue weighted by atomic mass is 35.5. The normalized spacial score (nSPS) is 17.4. The molecule has 1 fully saturated rings. The molecule has 46 heavy (non-hydrogen) atoms. The number of hydrogen-bond donors (Lipinski definition) is 3. The average molecular weight is 758 g/mol. The minimum atomic E-state index is -6.14. The van der Waals surface area contributed by atoms with Crippen molar-refractivity contribution in [2.24, 2.45) is 11.8 Å². The van der Waals surface area contributed by atoms with Crippen LogP contribution in [0.3, 0.4) is 0 Å². The van der Waals surface area contributed by atoms with Gasteiger partial charge < -0.3 is 16.0 Å². The highest BCUT2D eigenvalue weighted by molar-refractivity contribution is 6.53. The van der Waals surface area contributed by atoms with Crippen molar-refractivity contribution in [3.05, 3.63) is 86.4 Å². The molecule has 246 valence electrons. The van der Waals surface area contributed by atoms with Crippen molar-refractivity contribution in [3.8, 4) is 0 Å². The second-order valence-electron chi connectivity index (χ2n) is 9.73. The zero-order valence-electron chi connectivity index (χ0n) is 22.0. The van der Waals surface area contributed by atoms with Crippen LogP contribution in [0.1, 0.15) is 21.8 Å². The van der Waals surface area contributed by atoms with Crippen LogP contribution in [0, 0.1) is 23.5 Å². The van der Waals surface area contributed by atoms with Crippen LogP contribution in [0.15, 0.2) is 48.5 Å². The van der Waals surface area contributed by atoms with Gasteiger partial charge in [-0.2, -0.15) is 26.3 Å². The van der Waals surface area contributed by atoms with Crippen molar-refractivity contribution in [1.82, 2.24) is 0 Å². The van der Waals surface area contributed by atoms with Crippen molar-refractivity contribution >= 4 is 92.8 Å². The van der Waals surface area contributed by atoms with Gasteiger partial charge in [0.05, 0.1) is 32.2 Å². The van der Waals surface area contributed by atoms with Crippen LogP contribution < -0.4 is 16.0 Å². The lowest BCUT2D eigenvalue weighted by Crippen LogP contribution is -2.45. The fraction of sp³-hybridized carbons (Fsp3) is 0.222. The number of halogens is 13. The molecule has 3 aromatic rings. The molecule has 0 saturated heterocycles. The Morgan fingerprint density at radius 2 is 1.37 bits per heavy atom. The van der Waals surface area contributed by atoms with Gasteiger partial charge in [-0.15, -0.1) is 23.2 Å². The summed E-state index contributed by atoms with van der Waals surface area (Å²) in [5.41, 5.74) is -2.58. The molecule has 3 aromatic carbocycles. The quantitative estimate of drug-likeness (QED) is 0.166. The molecule has 3 amide bonds. The Bertz CT molecular complexity index is 1720. The van der Waals surface area contributed by atoms with Gasteiger partial charge in [-0.3, -0.25) is 14.4 Å². The molecule has 6 nitrogen and oxygen atoms in total. The van der Waals surface area contributed by atoms with Crippen molar-refractivity contribution in [1.29, 1.82) is 0 Å². The molecule has 4 rings (SSSR count). The van der Waals surface area contributed by atoms with Crippen LogP contribution in [0.4, 0.5) is 52.2 Å². The number of anilines is 3. The summed E-state index contributed by atoms with van der Waals surface area (Å²) in [5.74, 6) is -14.7. The van der Waals surface area contributed by atoms with Crippen molar-refractivity contribution in [3.63, 3.8) is 0 Å². The van der Waals surface area contributed by atoms with Crippen LogP contribution in [-0.4, -0.2) is 34.4 Å². The standard InChI is InChI=1S/C27H14Cl5F8N3O3/c28-12-4-2-10(41-23(45)18-17(25(18,31)32)9-1-3-13(29)14(30)7-9)8-11(12)22(44)42-16-6-5-15(33)20(19(16)34)43-24(46)21(26(35,36)37)27(38,39)40/h1-8,17-18,21H,(H,41,45)(H,42,44)(H,43,46)/t17?,18-/m1/s1. The van der Waals surface area contributed by atoms with Gasteiger partial charge in [-0.1, -0.05) is 40.9 Å². The van der Waals surface area contributed by atoms with E-state index in [-0.39, 0.29) is 20.8 Å². The Labute approximate surface area is 278 Å². The Balaban J connectivity index is 1.53. The van der Waals surface area contributed by atoms with E-state index in [0.29, 0.717) is 17.7 Å². The average Bonchev–Trinajstić information content (AvgIpc) is 3.50. The predicted molar refractivity (Wildman–Crippen MR) is 156 cm³/mol. The molecule has 0 heterocycles. The predicted octanol–water partition coefficient (Wildman–Crippen LogP) is 9.38. The number of alkyl halides is 8. The number of rotatable bonds is 7. The Kier molecular flexibility index (Phi) is 10.0. The van der Waals surface area contributed by atoms with Crippen LogP contribution in [-0.2, 0) is 9.59 Å². The van der Waals surface area contributed by atoms with Gasteiger partial charge in [0.1, 0.15) is 15.8 Å². The maximum atomic E-state index is 15.0. The van der Waals surface area contributed by atoms with Gasteiger partial charge in [0.25, 0.3) is 5.91 Å². The first-order chi connectivity index (χ1) is 21.1. The molecule has 19 heteroatoms. The van der Waals surface area contributed by atoms with Gasteiger partial charge in [0.15, 0.2) is 5.82 Å². The first-order valence-corrected chi connectivity index (χ1v) is 14.2. The third-order valence-electron chi connectivity index (χ3n) is 6.62. The molecule has 0 aliphatic heterocycles. The summed E-state index contributed by atoms with van der Waals surface area (Å²) in [4.78, 5) is 37.8. The van der Waals surface area contributed by atoms with E-state index in [4.69, 9.17) is 58.0 Å². The van der Waals surface area contributed by atoms with Gasteiger partial charge in [-0.05, 0) is 48.0 Å². The fourth-order valence-electron chi connectivity index (χ4n) is 4.40. The summed E-state index contributed by atoms with van der Waals surface area (Å²) >= 11 is 30.7. The number of amides is 3. The van der Waals surface area contributed by atoms with Crippen LogP contribution in [0.5, 0.6) is 0 Å². The van der Waals surface area contributed by atoms with E-state index >= 15 is 4.39 Å². The smallest absolute Gasteiger partial charge is 0.326 e. The molecular weight excluding hydrogens is 744 g/mol. The van der Waals surface area contributed by atoms with E-state index < -0.39 is 80.7 Å². The molecule has 1 aliphatic carbocycles. The largest absolute Gasteiger partial charge is 0.409 e. The van der Waals surface area contributed by atoms with E-state index in [1.54, 1.807) is 6.07 Å². The number of nitrogens with one attached hydrogen (secondary N) is 3. The summed E-state index contributed by atoms with van der Waals surface area (Å²) in [7, 11) is 0. The fourth-order valence-corrected chi connectivity index (χ4v) is 5.74. The number of carbonyl (C=O) groups is 3. The Morgan fingerprint density at radius 3 is 1.96 bits per heavy atom. The second-order valence-corrected chi connectivity index (χ2v) is 12.4. The lowest BCUT2D eigenvalue weighted by Gasteiger charge is -2.22. The molecule has 1 unspecified atom stereocenters. The van der Waals surface area contributed by atoms with E-state index in [9.17, 15) is 45.1 Å². The molecule has 1 aliphatic rings. The number of benzene rings is 3. The lowest BCUT2D eigenvalue weighted by molar-refractivity contribution is -0.272. The molecular formula is C27H14Cl5F8N3O3. The zero-order valence-corrected chi connectivity index (χ0v) is 25.8. The lowest BCUT2D eigenvalue weighted by atomic mass is 10.1. The maximum absolute atomic E-state index is 15.0. The third kappa shape index (κ3) is 7.41. The summed E-state index contributed by atoms with van der Waals surface area (Å²) in [6.07, 6.45) is -12.3.